The van der Waals surface area contributed by atoms with E-state index >= 15 is 0 Å². The molecule has 1 saturated carbocycles. The molecular formula is C14H21N5O2S. The molecule has 0 atom stereocenters. The number of nitrogens with one attached hydrogen (secondary N) is 1. The molecule has 2 aliphatic rings. The van der Waals surface area contributed by atoms with Gasteiger partial charge in [0.05, 0.1) is 6.67 Å². The van der Waals surface area contributed by atoms with Crippen LogP contribution in [0.1, 0.15) is 38.6 Å². The molecule has 1 saturated heterocycles. The summed E-state index contributed by atoms with van der Waals surface area (Å²) in [5.74, 6) is 0.652. The minimum Gasteiger partial charge on any atom is -0.323 e. The number of aromatic nitrogens is 2. The fraction of sp³-hybridized carbons (Fsp3) is 0.714. The average molecular weight is 323 g/mol. The molecule has 120 valence electrons. The summed E-state index contributed by atoms with van der Waals surface area (Å²) in [5.41, 5.74) is -0.0919. The smallest absolute Gasteiger partial charge is 0.323 e. The van der Waals surface area contributed by atoms with Gasteiger partial charge in [-0.2, -0.15) is 0 Å². The van der Waals surface area contributed by atoms with Gasteiger partial charge in [0.1, 0.15) is 11.6 Å². The summed E-state index contributed by atoms with van der Waals surface area (Å²) in [4.78, 5) is 27.4. The molecule has 1 aromatic heterocycles. The Morgan fingerprint density at radius 3 is 2.68 bits per heavy atom. The van der Waals surface area contributed by atoms with E-state index < -0.39 is 0 Å². The van der Waals surface area contributed by atoms with E-state index in [4.69, 9.17) is 0 Å². The van der Waals surface area contributed by atoms with E-state index in [1.807, 2.05) is 20.8 Å². The van der Waals surface area contributed by atoms with Gasteiger partial charge in [-0.05, 0) is 18.8 Å². The van der Waals surface area contributed by atoms with Crippen molar-refractivity contribution in [1.82, 2.24) is 20.0 Å². The van der Waals surface area contributed by atoms with Crippen LogP contribution in [0.15, 0.2) is 0 Å². The quantitative estimate of drug-likeness (QED) is 0.921. The van der Waals surface area contributed by atoms with Crippen molar-refractivity contribution in [1.29, 1.82) is 0 Å². The molecule has 7 nitrogen and oxygen atoms in total. The minimum absolute atomic E-state index is 0.0229. The van der Waals surface area contributed by atoms with Crippen LogP contribution in [-0.2, 0) is 10.2 Å². The maximum absolute atomic E-state index is 12.2. The lowest BCUT2D eigenvalue weighted by Crippen LogP contribution is -2.35. The summed E-state index contributed by atoms with van der Waals surface area (Å²) in [5, 5.41) is 12.2. The van der Waals surface area contributed by atoms with Gasteiger partial charge in [-0.15, -0.1) is 10.2 Å². The van der Waals surface area contributed by atoms with Gasteiger partial charge in [0.25, 0.3) is 0 Å². The van der Waals surface area contributed by atoms with Gasteiger partial charge in [-0.3, -0.25) is 15.0 Å². The highest BCUT2D eigenvalue weighted by atomic mass is 32.1. The molecule has 1 N–H and O–H groups in total. The maximum Gasteiger partial charge on any atom is 0.325 e. The predicted octanol–water partition coefficient (Wildman–Crippen LogP) is 1.88. The van der Waals surface area contributed by atoms with E-state index in [0.717, 1.165) is 11.6 Å². The summed E-state index contributed by atoms with van der Waals surface area (Å²) < 4.78 is 0. The van der Waals surface area contributed by atoms with Crippen LogP contribution in [-0.4, -0.2) is 51.7 Å². The Kier molecular flexibility index (Phi) is 3.80. The standard InChI is InChI=1S/C14H21N5O2S/c1-14(2,3)11-16-17-12(22-11)15-13(21)19-7-10(20)18(8-19)6-9-4-5-9/h9H,4-8H2,1-3H3,(H,15,17,21). The van der Waals surface area contributed by atoms with Crippen LogP contribution < -0.4 is 5.32 Å². The third kappa shape index (κ3) is 3.37. The van der Waals surface area contributed by atoms with Crippen molar-refractivity contribution in [2.45, 2.75) is 39.0 Å². The monoisotopic (exact) mass is 323 g/mol. The Morgan fingerprint density at radius 2 is 2.09 bits per heavy atom. The van der Waals surface area contributed by atoms with Gasteiger partial charge in [0.15, 0.2) is 0 Å². The van der Waals surface area contributed by atoms with Crippen LogP contribution in [0.25, 0.3) is 0 Å². The van der Waals surface area contributed by atoms with Gasteiger partial charge < -0.3 is 4.90 Å². The molecule has 1 aliphatic carbocycles. The second kappa shape index (κ2) is 5.49. The summed E-state index contributed by atoms with van der Waals surface area (Å²) in [6.45, 7) is 7.43. The molecule has 2 heterocycles. The van der Waals surface area contributed by atoms with E-state index in [9.17, 15) is 9.59 Å². The largest absolute Gasteiger partial charge is 0.325 e. The summed E-state index contributed by atoms with van der Waals surface area (Å²) in [6.07, 6.45) is 2.38. The highest BCUT2D eigenvalue weighted by Gasteiger charge is 2.35. The highest BCUT2D eigenvalue weighted by molar-refractivity contribution is 7.15. The third-order valence-electron chi connectivity index (χ3n) is 3.76. The number of hydrogen-bond donors (Lipinski definition) is 1. The zero-order chi connectivity index (χ0) is 15.9. The number of rotatable bonds is 3. The topological polar surface area (TPSA) is 78.4 Å². The molecule has 2 fully saturated rings. The molecule has 0 spiro atoms. The first-order valence-corrected chi connectivity index (χ1v) is 8.32. The van der Waals surface area contributed by atoms with E-state index in [1.165, 1.54) is 29.1 Å². The lowest BCUT2D eigenvalue weighted by molar-refractivity contribution is -0.126. The molecular weight excluding hydrogens is 302 g/mol. The van der Waals surface area contributed by atoms with Crippen molar-refractivity contribution in [3.63, 3.8) is 0 Å². The lowest BCUT2D eigenvalue weighted by atomic mass is 9.98. The fourth-order valence-corrected chi connectivity index (χ4v) is 3.04. The van der Waals surface area contributed by atoms with E-state index in [-0.39, 0.29) is 23.9 Å². The van der Waals surface area contributed by atoms with Crippen molar-refractivity contribution in [3.8, 4) is 0 Å². The molecule has 1 aromatic rings. The number of carbonyl (C=O) groups is 2. The summed E-state index contributed by atoms with van der Waals surface area (Å²) >= 11 is 1.37. The lowest BCUT2D eigenvalue weighted by Gasteiger charge is -2.17. The number of carbonyl (C=O) groups excluding carboxylic acids is 2. The number of nitrogens with zero attached hydrogens (tertiary/aromatic N) is 4. The van der Waals surface area contributed by atoms with Crippen molar-refractivity contribution in [2.75, 3.05) is 25.1 Å². The Bertz CT molecular complexity index is 590. The van der Waals surface area contributed by atoms with Crippen LogP contribution >= 0.6 is 11.3 Å². The van der Waals surface area contributed by atoms with Crippen molar-refractivity contribution >= 4 is 28.4 Å². The van der Waals surface area contributed by atoms with Gasteiger partial charge in [-0.1, -0.05) is 32.1 Å². The van der Waals surface area contributed by atoms with Gasteiger partial charge in [0, 0.05) is 12.0 Å². The minimum atomic E-state index is -0.289. The van der Waals surface area contributed by atoms with Gasteiger partial charge in [0.2, 0.25) is 11.0 Å². The van der Waals surface area contributed by atoms with E-state index in [2.05, 4.69) is 15.5 Å². The second-order valence-electron chi connectivity index (χ2n) is 6.99. The SMILES string of the molecule is CC(C)(C)c1nnc(NC(=O)N2CC(=O)N(CC3CC3)C2)s1. The number of amides is 3. The van der Waals surface area contributed by atoms with E-state index in [1.54, 1.807) is 4.90 Å². The normalized spacial score (nSPS) is 19.0. The number of anilines is 1. The van der Waals surface area contributed by atoms with Crippen molar-refractivity contribution in [3.05, 3.63) is 5.01 Å². The highest BCUT2D eigenvalue weighted by Crippen LogP contribution is 2.31. The first kappa shape index (κ1) is 15.2. The molecule has 3 amide bonds. The first-order chi connectivity index (χ1) is 10.3. The third-order valence-corrected chi connectivity index (χ3v) is 5.03. The second-order valence-corrected chi connectivity index (χ2v) is 7.97. The summed E-state index contributed by atoms with van der Waals surface area (Å²) in [7, 11) is 0. The fourth-order valence-electron chi connectivity index (χ4n) is 2.25. The van der Waals surface area contributed by atoms with Crippen LogP contribution in [0.3, 0.4) is 0 Å². The van der Waals surface area contributed by atoms with Crippen molar-refractivity contribution in [2.24, 2.45) is 5.92 Å². The van der Waals surface area contributed by atoms with Crippen LogP contribution in [0, 0.1) is 5.92 Å². The molecule has 0 bridgehead atoms. The van der Waals surface area contributed by atoms with Crippen LogP contribution in [0.5, 0.6) is 0 Å². The van der Waals surface area contributed by atoms with Crippen molar-refractivity contribution < 1.29 is 9.59 Å². The Balaban J connectivity index is 1.58. The molecule has 0 unspecified atom stereocenters. The van der Waals surface area contributed by atoms with Gasteiger partial charge in [-0.25, -0.2) is 4.79 Å². The number of urea groups is 1. The zero-order valence-corrected chi connectivity index (χ0v) is 13.9. The first-order valence-electron chi connectivity index (χ1n) is 7.50. The molecule has 22 heavy (non-hydrogen) atoms. The van der Waals surface area contributed by atoms with Gasteiger partial charge >= 0.3 is 6.03 Å². The molecule has 0 radical (unpaired) electrons. The predicted molar refractivity (Wildman–Crippen MR) is 83.6 cm³/mol. The Morgan fingerprint density at radius 1 is 1.36 bits per heavy atom. The summed E-state index contributed by atoms with van der Waals surface area (Å²) in [6, 6.07) is -0.289. The number of hydrogen-bond acceptors (Lipinski definition) is 5. The molecule has 0 aromatic carbocycles. The van der Waals surface area contributed by atoms with Crippen LogP contribution in [0.2, 0.25) is 0 Å². The Labute approximate surface area is 133 Å². The molecule has 1 aliphatic heterocycles. The van der Waals surface area contributed by atoms with E-state index in [0.29, 0.717) is 17.7 Å². The molecule has 3 rings (SSSR count). The molecule has 8 heteroatoms. The zero-order valence-electron chi connectivity index (χ0n) is 13.1. The maximum atomic E-state index is 12.2. The van der Waals surface area contributed by atoms with Crippen LogP contribution in [0.4, 0.5) is 9.93 Å². The average Bonchev–Trinajstić information content (AvgIpc) is 2.96. The Hall–Kier alpha value is -1.70.